The number of unbranched alkanes of at least 4 members (excludes halogenated alkanes) is 1. The third-order valence-corrected chi connectivity index (χ3v) is 2.91. The summed E-state index contributed by atoms with van der Waals surface area (Å²) >= 11 is 0. The van der Waals surface area contributed by atoms with Gasteiger partial charge in [0.05, 0.1) is 0 Å². The van der Waals surface area contributed by atoms with Crippen LogP contribution >= 0.6 is 0 Å². The number of hydrogen-bond acceptors (Lipinski definition) is 2. The number of rotatable bonds is 6. The number of carbonyl (C=O) groups is 2. The molecule has 0 aliphatic heterocycles. The Kier molecular flexibility index (Phi) is 6.64. The van der Waals surface area contributed by atoms with E-state index in [0.29, 0.717) is 13.1 Å². The number of hydrogen-bond donors (Lipinski definition) is 2. The van der Waals surface area contributed by atoms with Gasteiger partial charge in [-0.3, -0.25) is 9.59 Å². The Balaban J connectivity index is 2.34. The van der Waals surface area contributed by atoms with E-state index in [1.54, 1.807) is 0 Å². The van der Waals surface area contributed by atoms with Crippen molar-refractivity contribution in [1.29, 1.82) is 0 Å². The number of aryl methyl sites for hydroxylation is 1. The second-order valence-electron chi connectivity index (χ2n) is 4.46. The molecule has 0 saturated heterocycles. The van der Waals surface area contributed by atoms with Gasteiger partial charge in [-0.05, 0) is 24.0 Å². The summed E-state index contributed by atoms with van der Waals surface area (Å²) in [5.41, 5.74) is 2.25. The van der Waals surface area contributed by atoms with Gasteiger partial charge in [-0.15, -0.1) is 0 Å². The molecule has 0 bridgehead atoms. The molecule has 0 spiro atoms. The lowest BCUT2D eigenvalue weighted by Crippen LogP contribution is -2.39. The average Bonchev–Trinajstić information content (AvgIpc) is 2.45. The molecule has 0 unspecified atom stereocenters. The summed E-state index contributed by atoms with van der Waals surface area (Å²) in [6, 6.07) is 7.99. The van der Waals surface area contributed by atoms with E-state index in [-0.39, 0.29) is 0 Å². The highest BCUT2D eigenvalue weighted by molar-refractivity contribution is 6.35. The molecule has 0 aliphatic rings. The largest absolute Gasteiger partial charge is 0.348 e. The van der Waals surface area contributed by atoms with Crippen molar-refractivity contribution in [1.82, 2.24) is 10.6 Å². The van der Waals surface area contributed by atoms with E-state index in [4.69, 9.17) is 0 Å². The molecule has 0 aliphatic carbocycles. The highest BCUT2D eigenvalue weighted by Gasteiger charge is 2.11. The van der Waals surface area contributed by atoms with E-state index in [1.807, 2.05) is 31.2 Å². The van der Waals surface area contributed by atoms with Gasteiger partial charge >= 0.3 is 11.8 Å². The first-order valence-electron chi connectivity index (χ1n) is 6.81. The van der Waals surface area contributed by atoms with E-state index >= 15 is 0 Å². The highest BCUT2D eigenvalue weighted by atomic mass is 16.2. The van der Waals surface area contributed by atoms with Crippen LogP contribution in [0.3, 0.4) is 0 Å². The summed E-state index contributed by atoms with van der Waals surface area (Å²) in [5.74, 6) is -1.13. The Bertz CT molecular complexity index is 413. The predicted molar refractivity (Wildman–Crippen MR) is 75.6 cm³/mol. The molecule has 4 heteroatoms. The van der Waals surface area contributed by atoms with Crippen molar-refractivity contribution >= 4 is 11.8 Å². The van der Waals surface area contributed by atoms with Crippen molar-refractivity contribution in [3.8, 4) is 0 Å². The van der Waals surface area contributed by atoms with E-state index in [9.17, 15) is 9.59 Å². The topological polar surface area (TPSA) is 58.2 Å². The van der Waals surface area contributed by atoms with Gasteiger partial charge in [0.1, 0.15) is 0 Å². The fourth-order valence-electron chi connectivity index (χ4n) is 1.61. The lowest BCUT2D eigenvalue weighted by molar-refractivity contribution is -0.139. The van der Waals surface area contributed by atoms with Crippen LogP contribution in [0.2, 0.25) is 0 Å². The van der Waals surface area contributed by atoms with Crippen LogP contribution in [0.15, 0.2) is 24.3 Å². The maximum atomic E-state index is 11.5. The fourth-order valence-corrected chi connectivity index (χ4v) is 1.61. The van der Waals surface area contributed by atoms with Gasteiger partial charge in [-0.1, -0.05) is 44.5 Å². The normalized spacial score (nSPS) is 10.0. The van der Waals surface area contributed by atoms with Gasteiger partial charge in [-0.25, -0.2) is 0 Å². The van der Waals surface area contributed by atoms with E-state index in [1.165, 1.54) is 5.56 Å². The van der Waals surface area contributed by atoms with Gasteiger partial charge in [0.2, 0.25) is 0 Å². The zero-order valence-electron chi connectivity index (χ0n) is 11.7. The molecule has 1 rings (SSSR count). The molecule has 4 nitrogen and oxygen atoms in total. The minimum absolute atomic E-state index is 0.379. The first-order chi connectivity index (χ1) is 9.17. The molecule has 19 heavy (non-hydrogen) atoms. The van der Waals surface area contributed by atoms with Crippen LogP contribution in [0.4, 0.5) is 0 Å². The second kappa shape index (κ2) is 8.29. The van der Waals surface area contributed by atoms with Crippen molar-refractivity contribution in [2.45, 2.75) is 39.7 Å². The van der Waals surface area contributed by atoms with Crippen LogP contribution in [0.5, 0.6) is 0 Å². The molecular weight excluding hydrogens is 240 g/mol. The first-order valence-corrected chi connectivity index (χ1v) is 6.81. The zero-order chi connectivity index (χ0) is 14.1. The maximum absolute atomic E-state index is 11.5. The smallest absolute Gasteiger partial charge is 0.309 e. The monoisotopic (exact) mass is 262 g/mol. The Morgan fingerprint density at radius 2 is 1.53 bits per heavy atom. The van der Waals surface area contributed by atoms with Crippen LogP contribution < -0.4 is 10.6 Å². The summed E-state index contributed by atoms with van der Waals surface area (Å²) in [5, 5.41) is 5.20. The Morgan fingerprint density at radius 3 is 2.11 bits per heavy atom. The predicted octanol–water partition coefficient (Wildman–Crippen LogP) is 1.78. The summed E-state index contributed by atoms with van der Waals surface area (Å²) in [4.78, 5) is 22.9. The average molecular weight is 262 g/mol. The Morgan fingerprint density at radius 1 is 0.947 bits per heavy atom. The summed E-state index contributed by atoms with van der Waals surface area (Å²) in [6.45, 7) is 5.06. The molecule has 1 aromatic rings. The lowest BCUT2D eigenvalue weighted by atomic mass is 10.1. The van der Waals surface area contributed by atoms with Crippen LogP contribution in [0, 0.1) is 0 Å². The third kappa shape index (κ3) is 5.55. The molecule has 0 heterocycles. The number of carbonyl (C=O) groups excluding carboxylic acids is 2. The van der Waals surface area contributed by atoms with Gasteiger partial charge < -0.3 is 10.6 Å². The van der Waals surface area contributed by atoms with Gasteiger partial charge in [-0.2, -0.15) is 0 Å². The van der Waals surface area contributed by atoms with Gasteiger partial charge in [0, 0.05) is 13.1 Å². The molecule has 0 fully saturated rings. The highest BCUT2D eigenvalue weighted by Crippen LogP contribution is 2.04. The van der Waals surface area contributed by atoms with Crippen molar-refractivity contribution in [2.75, 3.05) is 6.54 Å². The molecule has 104 valence electrons. The zero-order valence-corrected chi connectivity index (χ0v) is 11.7. The summed E-state index contributed by atoms with van der Waals surface area (Å²) in [7, 11) is 0. The quantitative estimate of drug-likeness (QED) is 0.606. The van der Waals surface area contributed by atoms with Crippen LogP contribution in [0.1, 0.15) is 37.8 Å². The molecule has 0 atom stereocenters. The van der Waals surface area contributed by atoms with Crippen LogP contribution in [-0.2, 0) is 22.6 Å². The maximum Gasteiger partial charge on any atom is 0.309 e. The molecule has 0 radical (unpaired) electrons. The first kappa shape index (κ1) is 15.2. The van der Waals surface area contributed by atoms with Gasteiger partial charge in [0.25, 0.3) is 0 Å². The summed E-state index contributed by atoms with van der Waals surface area (Å²) in [6.07, 6.45) is 2.87. The minimum Gasteiger partial charge on any atom is -0.348 e. The number of nitrogens with one attached hydrogen (secondary N) is 2. The molecule has 0 saturated carbocycles. The third-order valence-electron chi connectivity index (χ3n) is 2.91. The van der Waals surface area contributed by atoms with E-state index in [2.05, 4.69) is 17.6 Å². The van der Waals surface area contributed by atoms with E-state index < -0.39 is 11.8 Å². The molecule has 1 aromatic carbocycles. The van der Waals surface area contributed by atoms with E-state index in [0.717, 1.165) is 24.8 Å². The van der Waals surface area contributed by atoms with Crippen molar-refractivity contribution < 1.29 is 9.59 Å². The Labute approximate surface area is 114 Å². The second-order valence-corrected chi connectivity index (χ2v) is 4.46. The van der Waals surface area contributed by atoms with Crippen LogP contribution in [0.25, 0.3) is 0 Å². The van der Waals surface area contributed by atoms with Gasteiger partial charge in [0.15, 0.2) is 0 Å². The van der Waals surface area contributed by atoms with Crippen LogP contribution in [-0.4, -0.2) is 18.4 Å². The fraction of sp³-hybridized carbons (Fsp3) is 0.467. The minimum atomic E-state index is -0.573. The van der Waals surface area contributed by atoms with Crippen molar-refractivity contribution in [3.05, 3.63) is 35.4 Å². The van der Waals surface area contributed by atoms with Crippen molar-refractivity contribution in [2.24, 2.45) is 0 Å². The standard InChI is InChI=1S/C15H22N2O2/c1-3-5-10-16-14(18)15(19)17-11-13-8-6-12(4-2)7-9-13/h6-9H,3-5,10-11H2,1-2H3,(H,16,18)(H,17,19). The molecule has 2 amide bonds. The molecular formula is C15H22N2O2. The SMILES string of the molecule is CCCCNC(=O)C(=O)NCc1ccc(CC)cc1. The molecule has 0 aromatic heterocycles. The number of benzene rings is 1. The lowest BCUT2D eigenvalue weighted by Gasteiger charge is -2.06. The number of amides is 2. The van der Waals surface area contributed by atoms with Crippen molar-refractivity contribution in [3.63, 3.8) is 0 Å². The Hall–Kier alpha value is -1.84. The molecule has 2 N–H and O–H groups in total. The summed E-state index contributed by atoms with van der Waals surface area (Å²) < 4.78 is 0.